The molecule has 0 saturated carbocycles. The van der Waals surface area contributed by atoms with E-state index >= 15 is 0 Å². The summed E-state index contributed by atoms with van der Waals surface area (Å²) < 4.78 is 0. The second-order valence-electron chi connectivity index (χ2n) is 8.45. The number of amides is 2. The zero-order valence-electron chi connectivity index (χ0n) is 20.3. The van der Waals surface area contributed by atoms with Gasteiger partial charge in [0.25, 0.3) is 5.91 Å². The van der Waals surface area contributed by atoms with Gasteiger partial charge >= 0.3 is 0 Å². The van der Waals surface area contributed by atoms with Gasteiger partial charge in [-0.05, 0) is 44.2 Å². The number of hydrogen-bond donors (Lipinski definition) is 0. The summed E-state index contributed by atoms with van der Waals surface area (Å²) >= 11 is 0. The molecule has 0 unspecified atom stereocenters. The summed E-state index contributed by atoms with van der Waals surface area (Å²) in [7, 11) is 0. The summed E-state index contributed by atoms with van der Waals surface area (Å²) in [4.78, 5) is 43.7. The maximum Gasteiger partial charge on any atom is 0.256 e. The van der Waals surface area contributed by atoms with Crippen LogP contribution < -0.4 is 4.90 Å². The zero-order valence-corrected chi connectivity index (χ0v) is 20.3. The van der Waals surface area contributed by atoms with E-state index < -0.39 is 0 Å². The summed E-state index contributed by atoms with van der Waals surface area (Å²) in [5.41, 5.74) is 1.58. The van der Waals surface area contributed by atoms with E-state index in [1.165, 1.54) is 6.33 Å². The van der Waals surface area contributed by atoms with Crippen molar-refractivity contribution >= 4 is 17.6 Å². The summed E-state index contributed by atoms with van der Waals surface area (Å²) in [6.45, 7) is 11.1. The van der Waals surface area contributed by atoms with Crippen LogP contribution in [-0.2, 0) is 4.79 Å². The Balaban J connectivity index is 0.00000149. The molecule has 2 aromatic heterocycles. The maximum absolute atomic E-state index is 12.6. The highest BCUT2D eigenvalue weighted by atomic mass is 16.2. The first-order valence-corrected chi connectivity index (χ1v) is 12.0. The molecule has 0 radical (unpaired) electrons. The van der Waals surface area contributed by atoms with Gasteiger partial charge in [0, 0.05) is 63.8 Å². The van der Waals surface area contributed by atoms with Crippen LogP contribution in [0.25, 0.3) is 0 Å². The van der Waals surface area contributed by atoms with Gasteiger partial charge in [-0.15, -0.1) is 0 Å². The van der Waals surface area contributed by atoms with Crippen molar-refractivity contribution in [2.45, 2.75) is 65.5 Å². The van der Waals surface area contributed by atoms with Crippen molar-refractivity contribution in [3.8, 4) is 0 Å². The number of rotatable bonds is 4. The number of likely N-dealkylation sites (tertiary alicyclic amines) is 2. The van der Waals surface area contributed by atoms with Gasteiger partial charge in [0.1, 0.15) is 12.1 Å². The van der Waals surface area contributed by atoms with Crippen molar-refractivity contribution in [3.05, 3.63) is 48.2 Å². The molecule has 2 aliphatic rings. The molecule has 2 aromatic rings. The third-order valence-electron chi connectivity index (χ3n) is 6.49. The molecule has 0 aromatic carbocycles. The van der Waals surface area contributed by atoms with Gasteiger partial charge in [-0.2, -0.15) is 0 Å². The predicted octanol–water partition coefficient (Wildman–Crippen LogP) is 3.33. The van der Waals surface area contributed by atoms with Gasteiger partial charge in [0.2, 0.25) is 5.91 Å². The first kappa shape index (κ1) is 24.8. The quantitative estimate of drug-likeness (QED) is 0.708. The Morgan fingerprint density at radius 2 is 1.64 bits per heavy atom. The zero-order chi connectivity index (χ0) is 23.8. The van der Waals surface area contributed by atoms with Crippen LogP contribution in [0.5, 0.6) is 0 Å². The molecule has 0 atom stereocenters. The fourth-order valence-electron chi connectivity index (χ4n) is 4.84. The summed E-state index contributed by atoms with van der Waals surface area (Å²) in [5.74, 6) is 0.850. The van der Waals surface area contributed by atoms with Crippen LogP contribution in [0.3, 0.4) is 0 Å². The lowest BCUT2D eigenvalue weighted by molar-refractivity contribution is -0.117. The molecule has 4 rings (SSSR count). The molecule has 2 aliphatic heterocycles. The first-order chi connectivity index (χ1) is 16.0. The van der Waals surface area contributed by atoms with E-state index in [0.717, 1.165) is 63.2 Å². The minimum absolute atomic E-state index is 0.0144. The lowest BCUT2D eigenvalue weighted by atomic mass is 9.96. The van der Waals surface area contributed by atoms with Crippen molar-refractivity contribution in [2.75, 3.05) is 31.1 Å². The second kappa shape index (κ2) is 11.8. The molecule has 4 heterocycles. The van der Waals surface area contributed by atoms with Crippen LogP contribution in [0.1, 0.15) is 62.4 Å². The first-order valence-electron chi connectivity index (χ1n) is 12.0. The molecule has 2 fully saturated rings. The Morgan fingerprint density at radius 3 is 2.21 bits per heavy atom. The molecule has 8 nitrogen and oxygen atoms in total. The Kier molecular flexibility index (Phi) is 8.88. The number of carbonyl (C=O) groups is 2. The number of carbonyl (C=O) groups excluding carboxylic acids is 2. The van der Waals surface area contributed by atoms with Gasteiger partial charge in [-0.3, -0.25) is 14.5 Å². The lowest BCUT2D eigenvalue weighted by Crippen LogP contribution is -2.52. The molecular formula is C25H36N6O2. The van der Waals surface area contributed by atoms with E-state index in [1.54, 1.807) is 25.5 Å². The van der Waals surface area contributed by atoms with Crippen LogP contribution in [0.2, 0.25) is 0 Å². The molecule has 0 bridgehead atoms. The van der Waals surface area contributed by atoms with Crippen LogP contribution in [-0.4, -0.2) is 74.8 Å². The number of piperidine rings is 2. The number of hydrogen-bond acceptors (Lipinski definition) is 6. The van der Waals surface area contributed by atoms with Gasteiger partial charge in [-0.1, -0.05) is 19.9 Å². The normalized spacial score (nSPS) is 17.8. The molecule has 8 heteroatoms. The van der Waals surface area contributed by atoms with Gasteiger partial charge in [0.05, 0.1) is 5.56 Å². The SMILES string of the molecule is CC.CC(=O)N(c1ncccc1C)C1CCN(C2CCN(C(=O)c3cncnc3)CC2)CC1. The fourth-order valence-corrected chi connectivity index (χ4v) is 4.84. The van der Waals surface area contributed by atoms with E-state index in [9.17, 15) is 9.59 Å². The van der Waals surface area contributed by atoms with E-state index in [-0.39, 0.29) is 17.9 Å². The summed E-state index contributed by atoms with van der Waals surface area (Å²) in [6.07, 6.45) is 10.2. The second-order valence-corrected chi connectivity index (χ2v) is 8.45. The maximum atomic E-state index is 12.6. The summed E-state index contributed by atoms with van der Waals surface area (Å²) in [5, 5.41) is 0. The predicted molar refractivity (Wildman–Crippen MR) is 129 cm³/mol. The number of anilines is 1. The van der Waals surface area contributed by atoms with Crippen molar-refractivity contribution in [1.82, 2.24) is 24.8 Å². The number of aryl methyl sites for hydroxylation is 1. The van der Waals surface area contributed by atoms with Crippen molar-refractivity contribution < 1.29 is 9.59 Å². The van der Waals surface area contributed by atoms with Gasteiger partial charge < -0.3 is 9.80 Å². The van der Waals surface area contributed by atoms with Crippen molar-refractivity contribution in [2.24, 2.45) is 0 Å². The summed E-state index contributed by atoms with van der Waals surface area (Å²) in [6, 6.07) is 4.58. The Morgan fingerprint density at radius 1 is 1.00 bits per heavy atom. The van der Waals surface area contributed by atoms with Gasteiger partial charge in [0.15, 0.2) is 0 Å². The topological polar surface area (TPSA) is 82.5 Å². The largest absolute Gasteiger partial charge is 0.338 e. The Hall–Kier alpha value is -2.87. The molecule has 178 valence electrons. The third-order valence-corrected chi connectivity index (χ3v) is 6.49. The Labute approximate surface area is 197 Å². The molecule has 2 saturated heterocycles. The molecule has 2 amide bonds. The van der Waals surface area contributed by atoms with Crippen LogP contribution in [0.4, 0.5) is 5.82 Å². The molecule has 0 spiro atoms. The van der Waals surface area contributed by atoms with Crippen molar-refractivity contribution in [1.29, 1.82) is 0 Å². The fraction of sp³-hybridized carbons (Fsp3) is 0.560. The number of aromatic nitrogens is 3. The highest BCUT2D eigenvalue weighted by molar-refractivity contribution is 5.93. The minimum Gasteiger partial charge on any atom is -0.338 e. The van der Waals surface area contributed by atoms with Crippen molar-refractivity contribution in [3.63, 3.8) is 0 Å². The average molecular weight is 453 g/mol. The highest BCUT2D eigenvalue weighted by Crippen LogP contribution is 2.27. The van der Waals surface area contributed by atoms with E-state index in [1.807, 2.05) is 42.7 Å². The lowest BCUT2D eigenvalue weighted by Gasteiger charge is -2.43. The molecular weight excluding hydrogens is 416 g/mol. The van der Waals surface area contributed by atoms with Crippen LogP contribution in [0, 0.1) is 6.92 Å². The van der Waals surface area contributed by atoms with E-state index in [2.05, 4.69) is 19.9 Å². The average Bonchev–Trinajstić information content (AvgIpc) is 2.87. The van der Waals surface area contributed by atoms with Crippen LogP contribution >= 0.6 is 0 Å². The van der Waals surface area contributed by atoms with Gasteiger partial charge in [-0.25, -0.2) is 15.0 Å². The minimum atomic E-state index is 0.0144. The van der Waals surface area contributed by atoms with E-state index in [4.69, 9.17) is 0 Å². The monoisotopic (exact) mass is 452 g/mol. The number of nitrogens with zero attached hydrogens (tertiary/aromatic N) is 6. The third kappa shape index (κ3) is 5.93. The standard InChI is InChI=1S/C23H30N6O2.C2H6/c1-17-4-3-9-26-22(17)29(18(2)30)21-7-10-27(11-8-21)20-5-12-28(13-6-20)23(31)19-14-24-16-25-15-19;1-2/h3-4,9,14-16,20-21H,5-8,10-13H2,1-2H3;1-2H3. The smallest absolute Gasteiger partial charge is 0.256 e. The molecule has 0 aliphatic carbocycles. The Bertz CT molecular complexity index is 906. The molecule has 0 N–H and O–H groups in total. The van der Waals surface area contributed by atoms with E-state index in [0.29, 0.717) is 11.6 Å². The highest BCUT2D eigenvalue weighted by Gasteiger charge is 2.33. The number of pyridine rings is 1. The van der Waals surface area contributed by atoms with Crippen LogP contribution in [0.15, 0.2) is 37.1 Å². The molecule has 33 heavy (non-hydrogen) atoms.